The SMILES string of the molecule is CCCC[C@@H](C(=O)N[C@@H](CC(=O)O)c1ccc(-c2ccc(OC)cc2)cc1OC)n1cc(C)cc(Cc2ccccc2)c1=O. The van der Waals surface area contributed by atoms with E-state index in [1.807, 2.05) is 86.6 Å². The summed E-state index contributed by atoms with van der Waals surface area (Å²) in [6, 6.07) is 23.0. The molecule has 8 nitrogen and oxygen atoms in total. The first-order valence-corrected chi connectivity index (χ1v) is 14.8. The van der Waals surface area contributed by atoms with E-state index in [0.29, 0.717) is 29.7 Å². The van der Waals surface area contributed by atoms with Crippen LogP contribution in [-0.2, 0) is 16.0 Å². The van der Waals surface area contributed by atoms with Crippen LogP contribution in [0.4, 0.5) is 0 Å². The van der Waals surface area contributed by atoms with Crippen molar-refractivity contribution in [1.82, 2.24) is 9.88 Å². The maximum Gasteiger partial charge on any atom is 0.305 e. The highest BCUT2D eigenvalue weighted by Crippen LogP contribution is 2.33. The third-order valence-electron chi connectivity index (χ3n) is 7.69. The molecule has 1 aromatic heterocycles. The number of carboxylic acids is 1. The van der Waals surface area contributed by atoms with Gasteiger partial charge in [0, 0.05) is 23.7 Å². The predicted octanol–water partition coefficient (Wildman–Crippen LogP) is 6.50. The van der Waals surface area contributed by atoms with Crippen molar-refractivity contribution in [3.05, 3.63) is 118 Å². The first-order chi connectivity index (χ1) is 21.2. The number of amides is 1. The van der Waals surface area contributed by atoms with Crippen molar-refractivity contribution < 1.29 is 24.2 Å². The van der Waals surface area contributed by atoms with Crippen LogP contribution in [0.3, 0.4) is 0 Å². The number of hydrogen-bond acceptors (Lipinski definition) is 5. The van der Waals surface area contributed by atoms with E-state index in [4.69, 9.17) is 9.47 Å². The molecule has 2 atom stereocenters. The molecular weight excluding hydrogens is 556 g/mol. The van der Waals surface area contributed by atoms with Gasteiger partial charge in [0.2, 0.25) is 5.91 Å². The van der Waals surface area contributed by atoms with Gasteiger partial charge in [-0.05, 0) is 59.9 Å². The van der Waals surface area contributed by atoms with E-state index in [1.54, 1.807) is 19.4 Å². The number of rotatable bonds is 14. The van der Waals surface area contributed by atoms with E-state index in [0.717, 1.165) is 40.8 Å². The number of pyridine rings is 1. The predicted molar refractivity (Wildman–Crippen MR) is 171 cm³/mol. The lowest BCUT2D eigenvalue weighted by molar-refractivity contribution is -0.138. The molecule has 0 fully saturated rings. The fourth-order valence-corrected chi connectivity index (χ4v) is 5.43. The van der Waals surface area contributed by atoms with Gasteiger partial charge < -0.3 is 24.5 Å². The molecule has 1 heterocycles. The zero-order valence-electron chi connectivity index (χ0n) is 25.7. The Balaban J connectivity index is 1.68. The van der Waals surface area contributed by atoms with E-state index in [9.17, 15) is 19.5 Å². The van der Waals surface area contributed by atoms with Crippen molar-refractivity contribution in [3.8, 4) is 22.6 Å². The third kappa shape index (κ3) is 7.95. The highest BCUT2D eigenvalue weighted by atomic mass is 16.5. The lowest BCUT2D eigenvalue weighted by Gasteiger charge is -2.25. The molecule has 3 aromatic carbocycles. The van der Waals surface area contributed by atoms with Gasteiger partial charge in [-0.15, -0.1) is 0 Å². The standard InChI is InChI=1S/C36H40N2O6/c1-5-6-12-32(38-23-24(2)19-28(36(38)42)20-25-10-8-7-9-11-25)35(41)37-31(22-34(39)40)30-18-15-27(21-33(30)44-4)26-13-16-29(43-3)17-14-26/h7-11,13-19,21,23,31-32H,5-6,12,20,22H2,1-4H3,(H,37,41)(H,39,40)/t31-,32-/m0/s1. The second-order valence-corrected chi connectivity index (χ2v) is 10.9. The van der Waals surface area contributed by atoms with Gasteiger partial charge in [0.15, 0.2) is 0 Å². The average Bonchev–Trinajstić information content (AvgIpc) is 3.03. The number of ether oxygens (including phenoxy) is 2. The zero-order chi connectivity index (χ0) is 31.6. The highest BCUT2D eigenvalue weighted by Gasteiger charge is 2.28. The Kier molecular flexibility index (Phi) is 11.0. The van der Waals surface area contributed by atoms with Crippen molar-refractivity contribution in [2.24, 2.45) is 0 Å². The third-order valence-corrected chi connectivity index (χ3v) is 7.69. The molecule has 4 aromatic rings. The van der Waals surface area contributed by atoms with Crippen LogP contribution in [0, 0.1) is 6.92 Å². The molecule has 4 rings (SSSR count). The quantitative estimate of drug-likeness (QED) is 0.172. The molecule has 0 aliphatic carbocycles. The van der Waals surface area contributed by atoms with Crippen LogP contribution in [-0.4, -0.2) is 35.8 Å². The van der Waals surface area contributed by atoms with E-state index < -0.39 is 24.0 Å². The summed E-state index contributed by atoms with van der Waals surface area (Å²) < 4.78 is 12.5. The molecule has 0 aliphatic rings. The number of carbonyl (C=O) groups excluding carboxylic acids is 1. The Morgan fingerprint density at radius 3 is 2.27 bits per heavy atom. The zero-order valence-corrected chi connectivity index (χ0v) is 25.7. The second-order valence-electron chi connectivity index (χ2n) is 10.9. The van der Waals surface area contributed by atoms with Crippen molar-refractivity contribution in [2.45, 2.75) is 58.0 Å². The van der Waals surface area contributed by atoms with Gasteiger partial charge in [0.25, 0.3) is 5.56 Å². The molecule has 0 saturated heterocycles. The van der Waals surface area contributed by atoms with Gasteiger partial charge in [-0.25, -0.2) is 0 Å². The normalized spacial score (nSPS) is 12.3. The monoisotopic (exact) mass is 596 g/mol. The fraction of sp³-hybridized carbons (Fsp3) is 0.306. The van der Waals surface area contributed by atoms with Crippen LogP contribution in [0.25, 0.3) is 11.1 Å². The van der Waals surface area contributed by atoms with Crippen LogP contribution >= 0.6 is 0 Å². The van der Waals surface area contributed by atoms with E-state index in [1.165, 1.54) is 11.7 Å². The Bertz CT molecular complexity index is 1630. The summed E-state index contributed by atoms with van der Waals surface area (Å²) >= 11 is 0. The maximum atomic E-state index is 14.0. The molecule has 0 radical (unpaired) electrons. The van der Waals surface area contributed by atoms with Crippen molar-refractivity contribution in [2.75, 3.05) is 14.2 Å². The number of nitrogens with one attached hydrogen (secondary N) is 1. The van der Waals surface area contributed by atoms with Crippen LogP contribution in [0.15, 0.2) is 89.9 Å². The summed E-state index contributed by atoms with van der Waals surface area (Å²) in [4.78, 5) is 39.7. The second kappa shape index (κ2) is 15.0. The van der Waals surface area contributed by atoms with E-state index in [2.05, 4.69) is 5.32 Å². The van der Waals surface area contributed by atoms with Crippen molar-refractivity contribution in [1.29, 1.82) is 0 Å². The highest BCUT2D eigenvalue weighted by molar-refractivity contribution is 5.82. The van der Waals surface area contributed by atoms with Gasteiger partial charge in [0.05, 0.1) is 26.7 Å². The minimum atomic E-state index is -1.07. The lowest BCUT2D eigenvalue weighted by atomic mass is 9.97. The number of aliphatic carboxylic acids is 1. The molecule has 0 unspecified atom stereocenters. The van der Waals surface area contributed by atoms with Crippen LogP contribution in [0.1, 0.15) is 66.9 Å². The molecule has 1 amide bonds. The lowest BCUT2D eigenvalue weighted by Crippen LogP contribution is -2.40. The largest absolute Gasteiger partial charge is 0.497 e. The molecule has 0 spiro atoms. The number of nitrogens with zero attached hydrogens (tertiary/aromatic N) is 1. The minimum absolute atomic E-state index is 0.230. The summed E-state index contributed by atoms with van der Waals surface area (Å²) in [7, 11) is 3.12. The topological polar surface area (TPSA) is 107 Å². The maximum absolute atomic E-state index is 14.0. The Labute approximate surface area is 258 Å². The van der Waals surface area contributed by atoms with Gasteiger partial charge in [-0.2, -0.15) is 0 Å². The van der Waals surface area contributed by atoms with Gasteiger partial charge >= 0.3 is 5.97 Å². The number of aromatic nitrogens is 1. The van der Waals surface area contributed by atoms with Crippen LogP contribution in [0.5, 0.6) is 11.5 Å². The summed E-state index contributed by atoms with van der Waals surface area (Å²) in [5.74, 6) is -0.296. The molecule has 2 N–H and O–H groups in total. The molecule has 0 saturated carbocycles. The van der Waals surface area contributed by atoms with Gasteiger partial charge in [0.1, 0.15) is 17.5 Å². The number of benzene rings is 3. The molecule has 44 heavy (non-hydrogen) atoms. The summed E-state index contributed by atoms with van der Waals surface area (Å²) in [5, 5.41) is 12.8. The smallest absolute Gasteiger partial charge is 0.305 e. The first kappa shape index (κ1) is 32.1. The first-order valence-electron chi connectivity index (χ1n) is 14.8. The molecule has 230 valence electrons. The number of carboxylic acid groups (broad SMARTS) is 1. The number of methoxy groups -OCH3 is 2. The molecule has 0 aliphatic heterocycles. The van der Waals surface area contributed by atoms with Gasteiger partial charge in [-0.3, -0.25) is 14.4 Å². The summed E-state index contributed by atoms with van der Waals surface area (Å²) in [5.41, 5.74) is 4.57. The van der Waals surface area contributed by atoms with Crippen LogP contribution in [0.2, 0.25) is 0 Å². The minimum Gasteiger partial charge on any atom is -0.497 e. The molecule has 0 bridgehead atoms. The molecule has 8 heteroatoms. The van der Waals surface area contributed by atoms with E-state index >= 15 is 0 Å². The number of hydrogen-bond donors (Lipinski definition) is 2. The van der Waals surface area contributed by atoms with Crippen molar-refractivity contribution >= 4 is 11.9 Å². The number of carbonyl (C=O) groups is 2. The van der Waals surface area contributed by atoms with E-state index in [-0.39, 0.29) is 12.0 Å². The average molecular weight is 597 g/mol. The molecular formula is C36H40N2O6. The van der Waals surface area contributed by atoms with Crippen LogP contribution < -0.4 is 20.3 Å². The van der Waals surface area contributed by atoms with Crippen molar-refractivity contribution in [3.63, 3.8) is 0 Å². The Morgan fingerprint density at radius 2 is 1.64 bits per heavy atom. The van der Waals surface area contributed by atoms with Gasteiger partial charge in [-0.1, -0.05) is 74.4 Å². The Morgan fingerprint density at radius 1 is 0.932 bits per heavy atom. The Hall–Kier alpha value is -4.85. The summed E-state index contributed by atoms with van der Waals surface area (Å²) in [6.45, 7) is 3.93. The summed E-state index contributed by atoms with van der Waals surface area (Å²) in [6.07, 6.45) is 3.79. The number of aryl methyl sites for hydroxylation is 1. The number of unbranched alkanes of at least 4 members (excludes halogenated alkanes) is 1. The fourth-order valence-electron chi connectivity index (χ4n) is 5.43.